The van der Waals surface area contributed by atoms with Crippen LogP contribution in [-0.4, -0.2) is 226 Å². The molecule has 14 heterocycles. The maximum absolute atomic E-state index is 12.8. The van der Waals surface area contributed by atoms with E-state index in [2.05, 4.69) is 246 Å². The number of hydrogen-bond acceptors (Lipinski definition) is 25. The molecule has 6 aromatic heterocycles. The lowest BCUT2D eigenvalue weighted by Crippen LogP contribution is -2.51. The van der Waals surface area contributed by atoms with Gasteiger partial charge in [-0.25, -0.2) is 39.9 Å². The number of likely N-dealkylation sites (tertiary alicyclic amines) is 2. The summed E-state index contributed by atoms with van der Waals surface area (Å²) in [5.74, 6) is 7.48. The minimum absolute atomic E-state index is 0.0278. The number of ether oxygens (including phenoxy) is 2. The van der Waals surface area contributed by atoms with Crippen LogP contribution in [0.25, 0.3) is 0 Å². The number of nitrogens with one attached hydrogen (secondary N) is 9. The number of hydrogen-bond donors (Lipinski definition) is 9. The molecule has 0 unspecified atom stereocenters. The number of pyridine rings is 2. The third-order valence-corrected chi connectivity index (χ3v) is 23.0. The second kappa shape index (κ2) is 41.8. The number of nitrogens with zero attached hydrogens (tertiary/aromatic N) is 14. The smallest absolute Gasteiger partial charge is 0.377 e. The molecule has 6 aromatic rings. The molecule has 0 aromatic carbocycles. The van der Waals surface area contributed by atoms with Crippen LogP contribution in [0.1, 0.15) is 248 Å². The fraction of sp³-hybridized carbons (Fsp3) is 0.692. The van der Waals surface area contributed by atoms with Crippen LogP contribution in [0.3, 0.4) is 0 Å². The molecule has 27 nitrogen and oxygen atoms in total. The number of carbonyl (C=O) groups is 2. The third-order valence-electron chi connectivity index (χ3n) is 23.0. The molecule has 0 bridgehead atoms. The number of anilines is 8. The predicted molar refractivity (Wildman–Crippen MR) is 481 cm³/mol. The van der Waals surface area contributed by atoms with E-state index >= 15 is 0 Å². The molecular weight excluding hydrogens is 1540 g/mol. The van der Waals surface area contributed by atoms with E-state index in [-0.39, 0.29) is 44.8 Å². The van der Waals surface area contributed by atoms with E-state index in [1.807, 2.05) is 45.0 Å². The molecule has 30 heteroatoms. The summed E-state index contributed by atoms with van der Waals surface area (Å²) in [4.78, 5) is 76.8. The maximum Gasteiger partial charge on any atom is 0.451 e. The average Bonchev–Trinajstić information content (AvgIpc) is 1.55. The molecule has 8 aliphatic heterocycles. The zero-order chi connectivity index (χ0) is 87.7. The number of rotatable bonds is 17. The molecule has 9 N–H and O–H groups in total. The molecule has 2 amide bonds. The number of aryl methyl sites for hydroxylation is 1. The summed E-state index contributed by atoms with van der Waals surface area (Å²) >= 11 is 0. The normalized spacial score (nSPS) is 18.6. The summed E-state index contributed by atoms with van der Waals surface area (Å²) in [6, 6.07) is 18.5. The zero-order valence-corrected chi connectivity index (χ0v) is 76.3. The molecule has 668 valence electrons. The Bertz CT molecular complexity index is 4220. The summed E-state index contributed by atoms with van der Waals surface area (Å²) < 4.78 is 48.8. The van der Waals surface area contributed by atoms with Gasteiger partial charge in [-0.3, -0.25) is 9.59 Å². The van der Waals surface area contributed by atoms with Crippen LogP contribution in [0.2, 0.25) is 0 Å². The van der Waals surface area contributed by atoms with Gasteiger partial charge in [0.1, 0.15) is 40.7 Å². The number of piperidine rings is 2. The molecule has 15 rings (SSSR count). The minimum Gasteiger partial charge on any atom is -0.377 e. The first-order chi connectivity index (χ1) is 57.0. The van der Waals surface area contributed by atoms with Crippen molar-refractivity contribution in [2.24, 2.45) is 5.92 Å². The highest BCUT2D eigenvalue weighted by atomic mass is 19.4. The molecule has 1 saturated carbocycles. The van der Waals surface area contributed by atoms with E-state index in [4.69, 9.17) is 29.4 Å². The third kappa shape index (κ3) is 29.1. The van der Waals surface area contributed by atoms with Gasteiger partial charge in [0, 0.05) is 181 Å². The van der Waals surface area contributed by atoms with Gasteiger partial charge < -0.3 is 76.9 Å². The van der Waals surface area contributed by atoms with Gasteiger partial charge in [0.2, 0.25) is 29.5 Å². The van der Waals surface area contributed by atoms with Crippen molar-refractivity contribution in [3.63, 3.8) is 0 Å². The number of alkyl halides is 3. The summed E-state index contributed by atoms with van der Waals surface area (Å²) in [6.07, 6.45) is 10.6. The molecule has 0 radical (unpaired) electrons. The van der Waals surface area contributed by atoms with E-state index in [1.165, 1.54) is 30.4 Å². The van der Waals surface area contributed by atoms with Crippen molar-refractivity contribution in [2.45, 2.75) is 284 Å². The molecule has 0 spiro atoms. The van der Waals surface area contributed by atoms with Crippen molar-refractivity contribution in [1.29, 1.82) is 0 Å². The lowest BCUT2D eigenvalue weighted by atomic mass is 9.84. The van der Waals surface area contributed by atoms with Crippen molar-refractivity contribution >= 4 is 58.6 Å². The van der Waals surface area contributed by atoms with Gasteiger partial charge in [0.25, 0.3) is 0 Å². The Morgan fingerprint density at radius 3 is 1.14 bits per heavy atom. The lowest BCUT2D eigenvalue weighted by Gasteiger charge is -2.37. The van der Waals surface area contributed by atoms with Crippen molar-refractivity contribution < 1.29 is 32.2 Å². The minimum atomic E-state index is -4.53. The van der Waals surface area contributed by atoms with Crippen LogP contribution in [0.5, 0.6) is 0 Å². The predicted octanol–water partition coefficient (Wildman–Crippen LogP) is 13.9. The summed E-state index contributed by atoms with van der Waals surface area (Å²) in [5.41, 5.74) is 6.18. The second-order valence-corrected chi connectivity index (χ2v) is 39.8. The van der Waals surface area contributed by atoms with Crippen molar-refractivity contribution in [3.05, 3.63) is 106 Å². The topological polar surface area (TPSA) is 303 Å². The Labute approximate surface area is 719 Å². The first-order valence-electron chi connectivity index (χ1n) is 44.5. The average molecular weight is 1680 g/mol. The molecule has 1 aliphatic carbocycles. The van der Waals surface area contributed by atoms with Crippen molar-refractivity contribution in [3.8, 4) is 0 Å². The summed E-state index contributed by atoms with van der Waals surface area (Å²) in [5, 5.41) is 30.1. The first-order valence-corrected chi connectivity index (χ1v) is 44.5. The highest BCUT2D eigenvalue weighted by molar-refractivity contribution is 5.79. The molecule has 0 atom stereocenters. The van der Waals surface area contributed by atoms with Crippen LogP contribution >= 0.6 is 0 Å². The molecule has 121 heavy (non-hydrogen) atoms. The number of halogens is 3. The van der Waals surface area contributed by atoms with Crippen molar-refractivity contribution in [1.82, 2.24) is 75.6 Å². The van der Waals surface area contributed by atoms with E-state index in [1.54, 1.807) is 6.07 Å². The number of piperazine rings is 1. The van der Waals surface area contributed by atoms with E-state index < -0.39 is 17.4 Å². The Balaban J connectivity index is 0.000000153. The highest BCUT2D eigenvalue weighted by Crippen LogP contribution is 2.35. The summed E-state index contributed by atoms with van der Waals surface area (Å²) in [7, 11) is 0. The van der Waals surface area contributed by atoms with Crippen LogP contribution < -0.4 is 57.7 Å². The molecule has 8 saturated heterocycles. The molecular formula is C91H144F3N23O4. The molecule has 9 fully saturated rings. The monoisotopic (exact) mass is 1680 g/mol. The van der Waals surface area contributed by atoms with Crippen molar-refractivity contribution in [2.75, 3.05) is 160 Å². The van der Waals surface area contributed by atoms with Crippen LogP contribution in [0.15, 0.2) is 60.9 Å². The van der Waals surface area contributed by atoms with Gasteiger partial charge in [-0.2, -0.15) is 23.1 Å². The standard InChI is InChI=1S/C19H29N3O.C17H27N3O.C15H26N6.C15H24N4O.C13H21N3O.C12H17F3N4/c1-19(2,3)15-7-10-20-17(13-15)21-16-8-11-22(12-9-16)18(23)14-5-4-6-14;1-5-16(21)20-10-7-14(8-11-20)19-15-12-13(6-9-18-15)17(2,3)4;1-15(2,3)12-8-13(18-11-9-17-10-11)20-14(19-12)21-6-4-16-5-7-21;1-15(2,3)12-8-13(16-11-9-20-10-11)18-14(17-12)19-6-4-5-7-19;1-5-11-15-10(13(2,3)4)6-12(16-11)14-9-7-17-8-9;1-11(2,3)8-4-9(17-7-5-16-6-7)19-10(18-8)12(13,14)15/h7,10,13-14,16H,4-6,8-9,11-12H2,1-3H3,(H,20,21);6,9,12,14H,5,7-8,10-11H2,1-4H3,(H,18,19);8,11,16-17H,4-7,9-10H2,1-3H3,(H,18,19,20);8,11H,4-7,9-10H2,1-3H3,(H,16,17,18);6,9H,5,7-8H2,1-4H3,(H,14,15,16);4,7,16H,5-6H2,1-3H3,(H,17,18,19). The second-order valence-electron chi connectivity index (χ2n) is 39.8. The number of aromatic nitrogens is 10. The summed E-state index contributed by atoms with van der Waals surface area (Å²) in [6.45, 7) is 58.6. The molecule has 9 aliphatic rings. The van der Waals surface area contributed by atoms with Gasteiger partial charge in [-0.15, -0.1) is 0 Å². The van der Waals surface area contributed by atoms with Crippen LogP contribution in [-0.2, 0) is 64.1 Å². The van der Waals surface area contributed by atoms with Gasteiger partial charge >= 0.3 is 6.18 Å². The van der Waals surface area contributed by atoms with E-state index in [9.17, 15) is 22.8 Å². The van der Waals surface area contributed by atoms with Crippen LogP contribution in [0.4, 0.5) is 60.0 Å². The van der Waals surface area contributed by atoms with Gasteiger partial charge in [0.05, 0.1) is 73.4 Å². The van der Waals surface area contributed by atoms with Gasteiger partial charge in [0.15, 0.2) is 0 Å². The Kier molecular flexibility index (Phi) is 32.8. The first kappa shape index (κ1) is 94.8. The Morgan fingerprint density at radius 2 is 0.785 bits per heavy atom. The Hall–Kier alpha value is -8.45. The highest BCUT2D eigenvalue weighted by Gasteiger charge is 2.38. The van der Waals surface area contributed by atoms with Gasteiger partial charge in [-0.1, -0.05) is 145 Å². The zero-order valence-electron chi connectivity index (χ0n) is 76.3. The van der Waals surface area contributed by atoms with E-state index in [0.29, 0.717) is 54.1 Å². The largest absolute Gasteiger partial charge is 0.451 e. The maximum atomic E-state index is 12.8. The fourth-order valence-corrected chi connectivity index (χ4v) is 14.3. The number of carbonyl (C=O) groups excluding carboxylic acids is 2. The fourth-order valence-electron chi connectivity index (χ4n) is 14.3. The lowest BCUT2D eigenvalue weighted by molar-refractivity contribution is -0.145. The van der Waals surface area contributed by atoms with Crippen LogP contribution in [0, 0.1) is 5.92 Å². The SMILES string of the molecule is CC(C)(C)c1cc(NC2CNC2)nc(C(F)(F)F)n1.CC(C)(C)c1cc(NC2CNC2)nc(N2CCNCC2)n1.CC(C)(C)c1cc(NC2COC2)nc(N2CCCC2)n1.CC(C)(C)c1ccnc(NC2CCN(C(=O)C3CCC3)CC2)c1.CCC(=O)N1CCC(Nc2cc(C(C)(C)C)ccn2)CC1.CCc1nc(NC2COC2)cc(C(C)(C)C)n1. The number of amides is 2. The quantitative estimate of drug-likeness (QED) is 0.0410. The Morgan fingerprint density at radius 1 is 0.405 bits per heavy atom. The van der Waals surface area contributed by atoms with Gasteiger partial charge in [-0.05, 0) is 97.6 Å². The van der Waals surface area contributed by atoms with E-state index in [0.717, 1.165) is 227 Å².